The van der Waals surface area contributed by atoms with E-state index >= 15 is 0 Å². The quantitative estimate of drug-likeness (QED) is 0.147. The Hall–Kier alpha value is -1.48. The smallest absolute Gasteiger partial charge is 0.333 e. The van der Waals surface area contributed by atoms with Gasteiger partial charge >= 0.3 is 5.97 Å². The zero-order chi connectivity index (χ0) is 37.6. The first-order valence-corrected chi connectivity index (χ1v) is 21.2. The summed E-state index contributed by atoms with van der Waals surface area (Å²) < 4.78 is 20.9. The third-order valence-electron chi connectivity index (χ3n) is 15.4. The molecule has 0 aromatic rings. The fourth-order valence-corrected chi connectivity index (χ4v) is 12.4. The van der Waals surface area contributed by atoms with Crippen LogP contribution in [0.2, 0.25) is 0 Å². The van der Waals surface area contributed by atoms with Crippen LogP contribution in [0.5, 0.6) is 0 Å². The number of piperidine rings is 2. The van der Waals surface area contributed by atoms with Crippen molar-refractivity contribution < 1.29 is 44.4 Å². The van der Waals surface area contributed by atoms with Gasteiger partial charge in [-0.25, -0.2) is 4.79 Å². The van der Waals surface area contributed by atoms with E-state index in [9.17, 15) is 24.9 Å². The van der Waals surface area contributed by atoms with Gasteiger partial charge in [0.25, 0.3) is 0 Å². The molecule has 7 fully saturated rings. The number of rotatable bonds is 7. The molecule has 0 radical (unpaired) electrons. The molecule has 0 aromatic heterocycles. The first-order chi connectivity index (χ1) is 25.4. The Morgan fingerprint density at radius 2 is 1.83 bits per heavy atom. The molecule has 7 aliphatic rings. The monoisotopic (exact) mass is 746 g/mol. The summed E-state index contributed by atoms with van der Waals surface area (Å²) in [6.07, 6.45) is 8.41. The summed E-state index contributed by atoms with van der Waals surface area (Å²) in [6.45, 7) is 7.20. The predicted octanol–water partition coefficient (Wildman–Crippen LogP) is 1.48. The lowest BCUT2D eigenvalue weighted by Crippen LogP contribution is -2.95. The number of ether oxygens (including phenoxy) is 3. The normalized spacial score (nSPS) is 49.3. The lowest BCUT2D eigenvalue weighted by atomic mass is 9.53. The highest BCUT2D eigenvalue weighted by Gasteiger charge is 2.65. The summed E-state index contributed by atoms with van der Waals surface area (Å²) in [6, 6.07) is 0. The predicted molar refractivity (Wildman–Crippen MR) is 198 cm³/mol. The number of carbonyl (C=O) groups is 2. The fraction of sp³-hybridized carbons (Fsp3) is 0.902. The van der Waals surface area contributed by atoms with Crippen molar-refractivity contribution >= 4 is 11.8 Å². The van der Waals surface area contributed by atoms with E-state index in [4.69, 9.17) is 25.7 Å². The average Bonchev–Trinajstić information content (AvgIpc) is 3.13. The van der Waals surface area contributed by atoms with Crippen LogP contribution in [0.15, 0.2) is 11.6 Å². The summed E-state index contributed by atoms with van der Waals surface area (Å²) in [4.78, 5) is 27.7. The Kier molecular flexibility index (Phi) is 12.4. The molecule has 53 heavy (non-hydrogen) atoms. The lowest BCUT2D eigenvalue weighted by molar-refractivity contribution is -0.703. The molecule has 12 nitrogen and oxygen atoms in total. The number of aliphatic hydroxyl groups excluding tert-OH is 3. The number of quaternary nitrogens is 1. The molecule has 2 saturated carbocycles. The van der Waals surface area contributed by atoms with Crippen LogP contribution >= 0.6 is 0 Å². The van der Waals surface area contributed by atoms with Crippen LogP contribution in [0.1, 0.15) is 104 Å². The molecular weight excluding hydrogens is 676 g/mol. The van der Waals surface area contributed by atoms with Gasteiger partial charge in [-0.3, -0.25) is 10.5 Å². The first kappa shape index (κ1) is 39.7. The second-order valence-electron chi connectivity index (χ2n) is 18.5. The summed E-state index contributed by atoms with van der Waals surface area (Å²) in [5, 5.41) is 39.4. The van der Waals surface area contributed by atoms with Gasteiger partial charge in [0.15, 0.2) is 0 Å². The van der Waals surface area contributed by atoms with E-state index in [1.54, 1.807) is 13.0 Å². The van der Waals surface area contributed by atoms with Gasteiger partial charge in [-0.2, -0.15) is 0 Å². The molecule has 12 heteroatoms. The number of Topliss-reactive ketones (excluding diaryl/α,β-unsaturated/α-hetero) is 1. The van der Waals surface area contributed by atoms with Crippen LogP contribution in [0.4, 0.5) is 0 Å². The van der Waals surface area contributed by atoms with Crippen molar-refractivity contribution in [3.63, 3.8) is 0 Å². The third-order valence-corrected chi connectivity index (χ3v) is 15.4. The Bertz CT molecular complexity index is 1330. The van der Waals surface area contributed by atoms with Crippen LogP contribution in [0.3, 0.4) is 0 Å². The van der Waals surface area contributed by atoms with Crippen molar-refractivity contribution in [3.05, 3.63) is 11.6 Å². The van der Waals surface area contributed by atoms with Gasteiger partial charge in [0.1, 0.15) is 23.7 Å². The molecule has 300 valence electrons. The highest BCUT2D eigenvalue weighted by atomic mass is 16.6. The second-order valence-corrected chi connectivity index (χ2v) is 18.5. The molecule has 18 unspecified atom stereocenters. The van der Waals surface area contributed by atoms with Gasteiger partial charge in [0, 0.05) is 36.2 Å². The SMILES string of the molecule is CC=C(C)C(=O)OC1CC2C(O)C3C(=O)CC(CO)OC3C3C(CC4CCCC(O)C4)C4CCNC(N)C4CCC(CC4CCC(N)[NH2+]C4)C1(C)OC23. The van der Waals surface area contributed by atoms with Gasteiger partial charge in [-0.05, 0) is 115 Å². The summed E-state index contributed by atoms with van der Waals surface area (Å²) in [5.74, 6) is -0.727. The van der Waals surface area contributed by atoms with E-state index in [0.717, 1.165) is 83.7 Å². The Morgan fingerprint density at radius 3 is 2.55 bits per heavy atom. The summed E-state index contributed by atoms with van der Waals surface area (Å²) in [5.41, 5.74) is 13.0. The summed E-state index contributed by atoms with van der Waals surface area (Å²) >= 11 is 0. The summed E-state index contributed by atoms with van der Waals surface area (Å²) in [7, 11) is 0. The number of hydrogen-bond acceptors (Lipinski definition) is 11. The number of nitrogens with one attached hydrogen (secondary N) is 1. The van der Waals surface area contributed by atoms with Gasteiger partial charge in [0.2, 0.25) is 0 Å². The Morgan fingerprint density at radius 1 is 1.02 bits per heavy atom. The number of aliphatic hydroxyl groups is 3. The van der Waals surface area contributed by atoms with Gasteiger partial charge in [-0.15, -0.1) is 0 Å². The first-order valence-electron chi connectivity index (χ1n) is 21.2. The van der Waals surface area contributed by atoms with E-state index in [0.29, 0.717) is 23.8 Å². The van der Waals surface area contributed by atoms with Crippen molar-refractivity contribution in [3.8, 4) is 0 Å². The molecular formula is C41H69N4O8+. The van der Waals surface area contributed by atoms with E-state index in [-0.39, 0.29) is 72.8 Å². The van der Waals surface area contributed by atoms with Gasteiger partial charge in [0.05, 0.1) is 55.8 Å². The topological polar surface area (TPSA) is 203 Å². The number of hydrogen-bond donors (Lipinski definition) is 7. The Balaban J connectivity index is 1.36. The van der Waals surface area contributed by atoms with Gasteiger partial charge in [-0.1, -0.05) is 18.9 Å². The minimum Gasteiger partial charge on any atom is -0.456 e. The number of carbonyl (C=O) groups excluding carboxylic acids is 2. The number of fused-ring (bicyclic) bond motifs is 4. The minimum atomic E-state index is -1.04. The number of esters is 1. The molecule has 10 N–H and O–H groups in total. The molecule has 7 rings (SSSR count). The maximum Gasteiger partial charge on any atom is 0.333 e. The van der Waals surface area contributed by atoms with Crippen molar-refractivity contribution in [2.75, 3.05) is 19.7 Å². The van der Waals surface area contributed by atoms with E-state index in [2.05, 4.69) is 17.6 Å². The fourth-order valence-electron chi connectivity index (χ4n) is 12.4. The zero-order valence-corrected chi connectivity index (χ0v) is 32.3. The number of nitrogens with two attached hydrogens (primary N) is 3. The van der Waals surface area contributed by atoms with E-state index in [1.165, 1.54) is 0 Å². The van der Waals surface area contributed by atoms with Crippen molar-refractivity contribution in [1.82, 2.24) is 5.32 Å². The highest BCUT2D eigenvalue weighted by molar-refractivity contribution is 5.87. The van der Waals surface area contributed by atoms with Crippen LogP contribution in [-0.4, -0.2) is 101 Å². The molecule has 18 atom stereocenters. The van der Waals surface area contributed by atoms with Crippen LogP contribution in [0, 0.1) is 53.3 Å². The molecule has 5 saturated heterocycles. The average molecular weight is 746 g/mol. The molecule has 5 heterocycles. The van der Waals surface area contributed by atoms with Crippen LogP contribution in [0.25, 0.3) is 0 Å². The van der Waals surface area contributed by atoms with Gasteiger partial charge < -0.3 is 45.9 Å². The lowest BCUT2D eigenvalue weighted by Gasteiger charge is -2.62. The molecule has 0 spiro atoms. The highest BCUT2D eigenvalue weighted by Crippen LogP contribution is 2.58. The number of allylic oxidation sites excluding steroid dienone is 1. The maximum absolute atomic E-state index is 14.1. The maximum atomic E-state index is 14.1. The van der Waals surface area contributed by atoms with E-state index in [1.807, 2.05) is 6.92 Å². The zero-order valence-electron chi connectivity index (χ0n) is 32.3. The van der Waals surface area contributed by atoms with E-state index < -0.39 is 48.0 Å². The second kappa shape index (κ2) is 16.5. The number of ketones is 1. The minimum absolute atomic E-state index is 0.0364. The van der Waals surface area contributed by atoms with Crippen LogP contribution in [-0.2, 0) is 23.8 Å². The van der Waals surface area contributed by atoms with Crippen molar-refractivity contribution in [1.29, 1.82) is 0 Å². The van der Waals surface area contributed by atoms with Crippen molar-refractivity contribution in [2.45, 2.75) is 159 Å². The molecule has 0 amide bonds. The van der Waals surface area contributed by atoms with Crippen LogP contribution < -0.4 is 22.1 Å². The molecule has 0 aromatic carbocycles. The standard InChI is InChI=1S/C41H68N4O8/c1-4-21(2)40(50)52-32-18-30-36(49)35-31(48)17-26(20-46)51-38(35)34-29(16-22-6-5-7-25(47)15-22)27-12-13-44-39(43)28(27)10-9-24(41(32,3)53-37(30)34)14-23-8-11-33(42)45-19-23/h4,22-30,32-39,44-47,49H,5-20,42-43H2,1-3H3/p+1. The van der Waals surface area contributed by atoms with Crippen molar-refractivity contribution in [2.24, 2.45) is 64.7 Å². The molecule has 5 aliphatic heterocycles. The Labute approximate surface area is 315 Å². The largest absolute Gasteiger partial charge is 0.456 e. The third kappa shape index (κ3) is 7.92. The molecule has 2 bridgehead atoms. The molecule has 2 aliphatic carbocycles.